The van der Waals surface area contributed by atoms with Crippen LogP contribution in [0.2, 0.25) is 0 Å². The zero-order chi connectivity index (χ0) is 29.2. The average molecular weight is 569 g/mol. The molecule has 0 radical (unpaired) electrons. The van der Waals surface area contributed by atoms with Crippen LogP contribution in [0.5, 0.6) is 5.75 Å². The molecule has 1 atom stereocenters. The Kier molecular flexibility index (Phi) is 7.91. The minimum absolute atomic E-state index is 0.0105. The summed E-state index contributed by atoms with van der Waals surface area (Å²) in [4.78, 5) is 23.3. The first-order valence-corrected chi connectivity index (χ1v) is 13.0. The van der Waals surface area contributed by atoms with E-state index in [4.69, 9.17) is 4.84 Å². The number of carbonyl (C=O) groups excluding carboxylic acids is 1. The smallest absolute Gasteiger partial charge is 0.416 e. The van der Waals surface area contributed by atoms with Gasteiger partial charge in [0.1, 0.15) is 11.3 Å². The number of hydrogen-bond donors (Lipinski definition) is 2. The normalized spacial score (nSPS) is 18.5. The van der Waals surface area contributed by atoms with E-state index in [-0.39, 0.29) is 22.4 Å². The summed E-state index contributed by atoms with van der Waals surface area (Å²) in [7, 11) is 0. The molecule has 0 aliphatic carbocycles. The van der Waals surface area contributed by atoms with Crippen LogP contribution in [0.25, 0.3) is 5.76 Å². The van der Waals surface area contributed by atoms with Gasteiger partial charge < -0.3 is 15.2 Å². The summed E-state index contributed by atoms with van der Waals surface area (Å²) in [5.41, 5.74) is 2.37. The number of phenols is 1. The van der Waals surface area contributed by atoms with Crippen molar-refractivity contribution < 1.29 is 27.9 Å². The molecule has 0 aromatic heterocycles. The van der Waals surface area contributed by atoms with E-state index in [0.29, 0.717) is 31.7 Å². The van der Waals surface area contributed by atoms with Gasteiger partial charge in [0.25, 0.3) is 5.91 Å². The van der Waals surface area contributed by atoms with Gasteiger partial charge in [0, 0.05) is 38.3 Å². The van der Waals surface area contributed by atoms with Crippen LogP contribution < -0.4 is 5.43 Å². The van der Waals surface area contributed by atoms with E-state index in [2.05, 4.69) is 22.5 Å². The summed E-state index contributed by atoms with van der Waals surface area (Å²) in [6, 6.07) is 20.6. The van der Waals surface area contributed by atoms with E-state index in [1.54, 1.807) is 19.1 Å². The molecule has 12 heteroatoms. The molecule has 1 amide bonds. The third kappa shape index (κ3) is 6.15. The molecule has 2 heterocycles. The van der Waals surface area contributed by atoms with Gasteiger partial charge in [-0.3, -0.25) is 14.6 Å². The molecule has 0 bridgehead atoms. The lowest BCUT2D eigenvalue weighted by Gasteiger charge is -2.46. The van der Waals surface area contributed by atoms with Crippen LogP contribution in [-0.4, -0.2) is 57.4 Å². The van der Waals surface area contributed by atoms with Crippen LogP contribution in [0.4, 0.5) is 13.2 Å². The van der Waals surface area contributed by atoms with Crippen molar-refractivity contribution in [2.75, 3.05) is 26.2 Å². The molecule has 216 valence electrons. The van der Waals surface area contributed by atoms with Gasteiger partial charge in [-0.15, -0.1) is 0 Å². The Morgan fingerprint density at radius 1 is 0.951 bits per heavy atom. The van der Waals surface area contributed by atoms with Gasteiger partial charge >= 0.3 is 6.18 Å². The maximum absolute atomic E-state index is 13.9. The summed E-state index contributed by atoms with van der Waals surface area (Å²) < 4.78 is 38.8. The first kappa shape index (κ1) is 28.4. The Hall–Kier alpha value is -4.10. The predicted octanol–water partition coefficient (Wildman–Crippen LogP) is 4.44. The second kappa shape index (κ2) is 11.4. The van der Waals surface area contributed by atoms with Crippen LogP contribution >= 0.6 is 0 Å². The molecule has 0 saturated carbocycles. The first-order valence-electron chi connectivity index (χ1n) is 13.0. The third-order valence-corrected chi connectivity index (χ3v) is 7.41. The summed E-state index contributed by atoms with van der Waals surface area (Å²) in [6.07, 6.45) is -3.31. The average Bonchev–Trinajstić information content (AvgIpc) is 3.33. The number of piperazine rings is 1. The number of hydrazine groups is 2. The largest absolute Gasteiger partial charge is 0.732 e. The monoisotopic (exact) mass is 568 g/mol. The minimum atomic E-state index is -4.50. The molecule has 0 spiro atoms. The van der Waals surface area contributed by atoms with Crippen LogP contribution in [0.3, 0.4) is 0 Å². The van der Waals surface area contributed by atoms with E-state index in [0.717, 1.165) is 23.8 Å². The van der Waals surface area contributed by atoms with Crippen LogP contribution in [0, 0.1) is 5.21 Å². The van der Waals surface area contributed by atoms with E-state index in [1.165, 1.54) is 36.0 Å². The molecule has 2 aliphatic rings. The molecule has 41 heavy (non-hydrogen) atoms. The predicted molar refractivity (Wildman–Crippen MR) is 144 cm³/mol. The standard InChI is InChI=1S/C29H29F3N5O4/c1-28(24-8-5-9-25(38)18-24,35-16-14-34(15-17-35)19-21-6-3-2-4-7-21)27(39)33-36-20-26(41-37(36)40)22-10-12-23(13-11-22)29(30,31)32/h2-13,18,20,38H,14-17,19H2,1H3,(H,33,39)/q-1. The number of phenolic OH excluding ortho intramolecular Hbond substituents is 1. The van der Waals surface area contributed by atoms with E-state index < -0.39 is 23.2 Å². The molecular weight excluding hydrogens is 539 g/mol. The highest BCUT2D eigenvalue weighted by Gasteiger charge is 2.44. The van der Waals surface area contributed by atoms with Gasteiger partial charge in [0.15, 0.2) is 5.76 Å². The lowest BCUT2D eigenvalue weighted by Crippen LogP contribution is -2.62. The van der Waals surface area contributed by atoms with Crippen molar-refractivity contribution in [2.24, 2.45) is 0 Å². The van der Waals surface area contributed by atoms with Gasteiger partial charge in [-0.1, -0.05) is 59.9 Å². The molecule has 3 aromatic carbocycles. The summed E-state index contributed by atoms with van der Waals surface area (Å²) >= 11 is 0. The van der Waals surface area contributed by atoms with Gasteiger partial charge in [-0.2, -0.15) is 18.3 Å². The highest BCUT2D eigenvalue weighted by Crippen LogP contribution is 2.34. The molecule has 9 nitrogen and oxygen atoms in total. The fourth-order valence-electron chi connectivity index (χ4n) is 5.01. The van der Waals surface area contributed by atoms with Crippen LogP contribution in [0.15, 0.2) is 85.1 Å². The molecule has 1 saturated heterocycles. The van der Waals surface area contributed by atoms with Crippen LogP contribution in [0.1, 0.15) is 29.2 Å². The number of rotatable bonds is 7. The molecular formula is C29H29F3N5O4-. The Labute approximate surface area is 235 Å². The molecule has 1 fully saturated rings. The minimum Gasteiger partial charge on any atom is -0.732 e. The van der Waals surface area contributed by atoms with Crippen molar-refractivity contribution in [3.8, 4) is 5.75 Å². The van der Waals surface area contributed by atoms with E-state index in [1.807, 2.05) is 23.1 Å². The molecule has 1 unspecified atom stereocenters. The van der Waals surface area contributed by atoms with Crippen molar-refractivity contribution in [3.63, 3.8) is 0 Å². The maximum Gasteiger partial charge on any atom is 0.416 e. The number of aromatic hydroxyl groups is 1. The Bertz CT molecular complexity index is 1400. The topological polar surface area (TPSA) is 94.6 Å². The Morgan fingerprint density at radius 3 is 2.27 bits per heavy atom. The van der Waals surface area contributed by atoms with Gasteiger partial charge in [-0.05, 0) is 42.3 Å². The summed E-state index contributed by atoms with van der Waals surface area (Å²) in [5.74, 6) is -0.611. The molecule has 2 aliphatic heterocycles. The first-order chi connectivity index (χ1) is 19.5. The van der Waals surface area contributed by atoms with Crippen molar-refractivity contribution in [2.45, 2.75) is 25.2 Å². The van der Waals surface area contributed by atoms with Gasteiger partial charge in [-0.25, -0.2) is 5.43 Å². The summed E-state index contributed by atoms with van der Waals surface area (Å²) in [6.45, 7) is 4.95. The SMILES string of the molecule is CC(C(=O)NN1C=C(c2ccc(C(F)(F)F)cc2)ON1[O-])(c1cccc(O)c1)N1CCN(Cc2ccccc2)CC1. The lowest BCUT2D eigenvalue weighted by atomic mass is 9.88. The van der Waals surface area contributed by atoms with Crippen molar-refractivity contribution in [3.05, 3.63) is 113 Å². The second-order valence-corrected chi connectivity index (χ2v) is 10.1. The second-order valence-electron chi connectivity index (χ2n) is 10.1. The summed E-state index contributed by atoms with van der Waals surface area (Å²) in [5, 5.41) is 23.6. The third-order valence-electron chi connectivity index (χ3n) is 7.41. The number of benzene rings is 3. The quantitative estimate of drug-likeness (QED) is 0.432. The number of nitrogens with zero attached hydrogens (tertiary/aromatic N) is 4. The highest BCUT2D eigenvalue weighted by atomic mass is 19.4. The van der Waals surface area contributed by atoms with Gasteiger partial charge in [0.2, 0.25) is 0 Å². The lowest BCUT2D eigenvalue weighted by molar-refractivity contribution is -0.187. The fraction of sp³-hybridized carbons (Fsp3) is 0.276. The Morgan fingerprint density at radius 2 is 1.63 bits per heavy atom. The van der Waals surface area contributed by atoms with Crippen molar-refractivity contribution in [1.29, 1.82) is 0 Å². The number of amides is 1. The highest BCUT2D eigenvalue weighted by molar-refractivity contribution is 5.87. The van der Waals surface area contributed by atoms with Crippen LogP contribution in [-0.2, 0) is 27.9 Å². The van der Waals surface area contributed by atoms with E-state index >= 15 is 0 Å². The number of carbonyl (C=O) groups is 1. The maximum atomic E-state index is 13.9. The Balaban J connectivity index is 1.34. The zero-order valence-electron chi connectivity index (χ0n) is 22.2. The fourth-order valence-corrected chi connectivity index (χ4v) is 5.01. The van der Waals surface area contributed by atoms with Crippen molar-refractivity contribution in [1.82, 2.24) is 25.7 Å². The van der Waals surface area contributed by atoms with Crippen molar-refractivity contribution >= 4 is 11.7 Å². The van der Waals surface area contributed by atoms with E-state index in [9.17, 15) is 28.3 Å². The molecule has 2 N–H and O–H groups in total. The molecule has 5 rings (SSSR count). The number of alkyl halides is 3. The zero-order valence-corrected chi connectivity index (χ0v) is 22.2. The number of halogens is 3. The molecule has 3 aromatic rings. The number of hydrogen-bond acceptors (Lipinski definition) is 8. The van der Waals surface area contributed by atoms with Gasteiger partial charge in [0.05, 0.1) is 11.8 Å². The number of nitrogens with one attached hydrogen (secondary N) is 1.